The van der Waals surface area contributed by atoms with Gasteiger partial charge in [0.05, 0.1) is 6.10 Å². The van der Waals surface area contributed by atoms with Crippen molar-refractivity contribution in [3.63, 3.8) is 0 Å². The Labute approximate surface area is 55.1 Å². The molecule has 0 aromatic carbocycles. The molecular weight excluding hydrogens is 116 g/mol. The quantitative estimate of drug-likeness (QED) is 0.459. The molecule has 0 amide bonds. The lowest BCUT2D eigenvalue weighted by Crippen LogP contribution is -2.08. The first kappa shape index (κ1) is 5.69. The second-order valence-corrected chi connectivity index (χ2v) is 2.92. The van der Waals surface area contributed by atoms with E-state index in [-0.39, 0.29) is 6.29 Å². The van der Waals surface area contributed by atoms with Gasteiger partial charge < -0.3 is 9.47 Å². The first-order valence-corrected chi connectivity index (χ1v) is 3.67. The van der Waals surface area contributed by atoms with Crippen molar-refractivity contribution < 1.29 is 9.47 Å². The highest BCUT2D eigenvalue weighted by molar-refractivity contribution is 4.80. The van der Waals surface area contributed by atoms with Crippen LogP contribution in [0, 0.1) is 0 Å². The third-order valence-corrected chi connectivity index (χ3v) is 2.00. The maximum absolute atomic E-state index is 5.46. The maximum Gasteiger partial charge on any atom is 0.184 e. The lowest BCUT2D eigenvalue weighted by Gasteiger charge is -2.06. The molecule has 2 rings (SSSR count). The molecular formula is C7H12O2. The highest BCUT2D eigenvalue weighted by Crippen LogP contribution is 2.33. The number of hydrogen-bond acceptors (Lipinski definition) is 2. The van der Waals surface area contributed by atoms with E-state index in [4.69, 9.17) is 9.47 Å². The molecule has 2 aliphatic heterocycles. The van der Waals surface area contributed by atoms with Gasteiger partial charge in [-0.2, -0.15) is 0 Å². The molecule has 2 heteroatoms. The fourth-order valence-corrected chi connectivity index (χ4v) is 1.35. The Kier molecular flexibility index (Phi) is 1.24. The van der Waals surface area contributed by atoms with E-state index in [0.29, 0.717) is 12.2 Å². The third-order valence-electron chi connectivity index (χ3n) is 2.00. The monoisotopic (exact) mass is 128 g/mol. The Morgan fingerprint density at radius 1 is 1.22 bits per heavy atom. The second-order valence-electron chi connectivity index (χ2n) is 2.92. The Morgan fingerprint density at radius 2 is 2.11 bits per heavy atom. The highest BCUT2D eigenvalue weighted by Gasteiger charge is 2.42. The molecule has 52 valence electrons. The van der Waals surface area contributed by atoms with Gasteiger partial charge in [0.1, 0.15) is 6.10 Å². The van der Waals surface area contributed by atoms with Crippen LogP contribution in [-0.4, -0.2) is 18.5 Å². The van der Waals surface area contributed by atoms with Crippen molar-refractivity contribution in [2.75, 3.05) is 0 Å². The minimum absolute atomic E-state index is 0.169. The van der Waals surface area contributed by atoms with Crippen LogP contribution in [0.4, 0.5) is 0 Å². The molecule has 0 spiro atoms. The van der Waals surface area contributed by atoms with Gasteiger partial charge in [-0.1, -0.05) is 0 Å². The van der Waals surface area contributed by atoms with Crippen molar-refractivity contribution in [2.24, 2.45) is 0 Å². The standard InChI is InChI=1S/C7H12O2/c1-5-3-2-4-6-7(8-5)9-6/h5-7H,2-4H2,1H3. The second kappa shape index (κ2) is 1.96. The molecule has 2 heterocycles. The highest BCUT2D eigenvalue weighted by atomic mass is 16.8. The van der Waals surface area contributed by atoms with E-state index in [1.807, 2.05) is 0 Å². The molecule has 0 N–H and O–H groups in total. The van der Waals surface area contributed by atoms with Crippen molar-refractivity contribution in [3.05, 3.63) is 0 Å². The lowest BCUT2D eigenvalue weighted by atomic mass is 10.2. The third kappa shape index (κ3) is 1.10. The van der Waals surface area contributed by atoms with Crippen molar-refractivity contribution in [3.8, 4) is 0 Å². The van der Waals surface area contributed by atoms with Crippen molar-refractivity contribution in [1.82, 2.24) is 0 Å². The van der Waals surface area contributed by atoms with E-state index in [2.05, 4.69) is 6.92 Å². The van der Waals surface area contributed by atoms with Crippen molar-refractivity contribution in [1.29, 1.82) is 0 Å². The first-order valence-electron chi connectivity index (χ1n) is 3.67. The van der Waals surface area contributed by atoms with Crippen LogP contribution in [0.3, 0.4) is 0 Å². The smallest absolute Gasteiger partial charge is 0.184 e. The van der Waals surface area contributed by atoms with Crippen LogP contribution in [-0.2, 0) is 9.47 Å². The van der Waals surface area contributed by atoms with E-state index >= 15 is 0 Å². The minimum atomic E-state index is 0.169. The Balaban J connectivity index is 1.92. The van der Waals surface area contributed by atoms with E-state index in [1.54, 1.807) is 0 Å². The van der Waals surface area contributed by atoms with Crippen LogP contribution in [0.15, 0.2) is 0 Å². The zero-order valence-corrected chi connectivity index (χ0v) is 5.67. The van der Waals surface area contributed by atoms with E-state index in [1.165, 1.54) is 19.3 Å². The van der Waals surface area contributed by atoms with E-state index in [0.717, 1.165) is 0 Å². The van der Waals surface area contributed by atoms with Gasteiger partial charge in [-0.05, 0) is 26.2 Å². The average molecular weight is 128 g/mol. The maximum atomic E-state index is 5.46. The molecule has 3 atom stereocenters. The number of rotatable bonds is 0. The minimum Gasteiger partial charge on any atom is -0.347 e. The number of fused-ring (bicyclic) bond motifs is 1. The van der Waals surface area contributed by atoms with Gasteiger partial charge in [0.25, 0.3) is 0 Å². The molecule has 0 saturated carbocycles. The summed E-state index contributed by atoms with van der Waals surface area (Å²) in [5.74, 6) is 0. The SMILES string of the molecule is CC1CCCC2OC2O1. The molecule has 0 bridgehead atoms. The molecule has 0 aliphatic carbocycles. The topological polar surface area (TPSA) is 21.8 Å². The summed E-state index contributed by atoms with van der Waals surface area (Å²) < 4.78 is 10.7. The molecule has 2 fully saturated rings. The van der Waals surface area contributed by atoms with Gasteiger partial charge in [0, 0.05) is 0 Å². The van der Waals surface area contributed by atoms with Gasteiger partial charge in [0.2, 0.25) is 0 Å². The molecule has 0 radical (unpaired) electrons. The van der Waals surface area contributed by atoms with Gasteiger partial charge in [0.15, 0.2) is 6.29 Å². The van der Waals surface area contributed by atoms with Crippen LogP contribution in [0.1, 0.15) is 26.2 Å². The van der Waals surface area contributed by atoms with Gasteiger partial charge in [-0.15, -0.1) is 0 Å². The molecule has 0 aromatic rings. The number of hydrogen-bond donors (Lipinski definition) is 0. The van der Waals surface area contributed by atoms with Crippen LogP contribution >= 0.6 is 0 Å². The molecule has 9 heavy (non-hydrogen) atoms. The largest absolute Gasteiger partial charge is 0.347 e. The summed E-state index contributed by atoms with van der Waals surface area (Å²) in [6, 6.07) is 0. The van der Waals surface area contributed by atoms with Gasteiger partial charge in [-0.25, -0.2) is 0 Å². The molecule has 3 unspecified atom stereocenters. The average Bonchev–Trinajstić information content (AvgIpc) is 2.43. The Hall–Kier alpha value is -0.0800. The summed E-state index contributed by atoms with van der Waals surface area (Å²) >= 11 is 0. The zero-order chi connectivity index (χ0) is 6.27. The van der Waals surface area contributed by atoms with Crippen LogP contribution in [0.2, 0.25) is 0 Å². The number of ether oxygens (including phenoxy) is 2. The lowest BCUT2D eigenvalue weighted by molar-refractivity contribution is -0.00485. The normalized spacial score (nSPS) is 49.7. The Bertz CT molecular complexity index is 113. The Morgan fingerprint density at radius 3 is 3.00 bits per heavy atom. The molecule has 0 aromatic heterocycles. The van der Waals surface area contributed by atoms with E-state index < -0.39 is 0 Å². The van der Waals surface area contributed by atoms with Crippen molar-refractivity contribution >= 4 is 0 Å². The summed E-state index contributed by atoms with van der Waals surface area (Å²) in [7, 11) is 0. The fourth-order valence-electron chi connectivity index (χ4n) is 1.35. The van der Waals surface area contributed by atoms with Crippen LogP contribution in [0.5, 0.6) is 0 Å². The van der Waals surface area contributed by atoms with Crippen molar-refractivity contribution in [2.45, 2.75) is 44.7 Å². The predicted octanol–water partition coefficient (Wildman–Crippen LogP) is 1.30. The van der Waals surface area contributed by atoms with Gasteiger partial charge in [-0.3, -0.25) is 0 Å². The molecule has 2 saturated heterocycles. The van der Waals surface area contributed by atoms with Crippen LogP contribution < -0.4 is 0 Å². The van der Waals surface area contributed by atoms with Gasteiger partial charge >= 0.3 is 0 Å². The zero-order valence-electron chi connectivity index (χ0n) is 5.67. The van der Waals surface area contributed by atoms with E-state index in [9.17, 15) is 0 Å². The predicted molar refractivity (Wildman–Crippen MR) is 33.1 cm³/mol. The summed E-state index contributed by atoms with van der Waals surface area (Å²) in [6.45, 7) is 2.12. The summed E-state index contributed by atoms with van der Waals surface area (Å²) in [5, 5.41) is 0. The number of epoxide rings is 1. The van der Waals surface area contributed by atoms with Crippen LogP contribution in [0.25, 0.3) is 0 Å². The molecule has 2 nitrogen and oxygen atoms in total. The summed E-state index contributed by atoms with van der Waals surface area (Å²) in [4.78, 5) is 0. The first-order chi connectivity index (χ1) is 4.36. The fraction of sp³-hybridized carbons (Fsp3) is 1.00. The summed E-state index contributed by atoms with van der Waals surface area (Å²) in [6.07, 6.45) is 4.72. The molecule has 2 aliphatic rings. The summed E-state index contributed by atoms with van der Waals surface area (Å²) in [5.41, 5.74) is 0.